The van der Waals surface area contributed by atoms with Crippen LogP contribution in [0.5, 0.6) is 5.75 Å². The van der Waals surface area contributed by atoms with Crippen molar-refractivity contribution in [2.45, 2.75) is 6.92 Å². The highest BCUT2D eigenvalue weighted by atomic mass is 16.6. The van der Waals surface area contributed by atoms with Gasteiger partial charge in [0.1, 0.15) is 11.6 Å². The lowest BCUT2D eigenvalue weighted by Crippen LogP contribution is -2.16. The number of hydrogen-bond donors (Lipinski definition) is 2. The Balaban J connectivity index is 2.83. The molecule has 0 radical (unpaired) electrons. The largest absolute Gasteiger partial charge is 0.507 e. The first-order chi connectivity index (χ1) is 8.50. The van der Waals surface area contributed by atoms with E-state index in [2.05, 4.69) is 9.97 Å². The van der Waals surface area contributed by atoms with Crippen molar-refractivity contribution in [3.05, 3.63) is 50.6 Å². The summed E-state index contributed by atoms with van der Waals surface area (Å²) in [5.74, 6) is 0.0713. The molecule has 1 aromatic carbocycles. The van der Waals surface area contributed by atoms with Crippen molar-refractivity contribution in [3.8, 4) is 17.0 Å². The van der Waals surface area contributed by atoms with Crippen LogP contribution < -0.4 is 5.56 Å². The predicted molar refractivity (Wildman–Crippen MR) is 63.3 cm³/mol. The molecule has 0 unspecified atom stereocenters. The first-order valence-corrected chi connectivity index (χ1v) is 5.04. The van der Waals surface area contributed by atoms with E-state index >= 15 is 0 Å². The second-order valence-electron chi connectivity index (χ2n) is 3.62. The van der Waals surface area contributed by atoms with Crippen LogP contribution in [0.4, 0.5) is 5.69 Å². The van der Waals surface area contributed by atoms with Crippen LogP contribution >= 0.6 is 0 Å². The average Bonchev–Trinajstić information content (AvgIpc) is 2.27. The number of phenols is 1. The van der Waals surface area contributed by atoms with Gasteiger partial charge in [0.2, 0.25) is 0 Å². The quantitative estimate of drug-likeness (QED) is 0.615. The van der Waals surface area contributed by atoms with Crippen molar-refractivity contribution in [1.29, 1.82) is 0 Å². The number of aryl methyl sites for hydroxylation is 1. The third-order valence-corrected chi connectivity index (χ3v) is 2.36. The minimum atomic E-state index is -0.842. The van der Waals surface area contributed by atoms with Crippen LogP contribution in [0.3, 0.4) is 0 Å². The Hall–Kier alpha value is -2.70. The van der Waals surface area contributed by atoms with Crippen molar-refractivity contribution < 1.29 is 10.0 Å². The van der Waals surface area contributed by atoms with Crippen LogP contribution in [0.1, 0.15) is 5.82 Å². The summed E-state index contributed by atoms with van der Waals surface area (Å²) < 4.78 is 0. The lowest BCUT2D eigenvalue weighted by molar-refractivity contribution is -0.385. The van der Waals surface area contributed by atoms with Gasteiger partial charge in [-0.15, -0.1) is 0 Å². The monoisotopic (exact) mass is 247 g/mol. The standard InChI is InChI=1S/C11H9N3O4/c1-6-12-9(7-4-2-3-5-8(7)15)10(14(17)18)11(16)13-6/h2-5,15H,1H3,(H,12,13,16). The molecule has 0 aliphatic rings. The average molecular weight is 247 g/mol. The van der Waals surface area contributed by atoms with Gasteiger partial charge in [-0.05, 0) is 19.1 Å². The summed E-state index contributed by atoms with van der Waals surface area (Å²) in [6, 6.07) is 6.00. The van der Waals surface area contributed by atoms with E-state index in [4.69, 9.17) is 0 Å². The normalized spacial score (nSPS) is 10.3. The highest BCUT2D eigenvalue weighted by molar-refractivity contribution is 5.73. The number of para-hydroxylation sites is 1. The van der Waals surface area contributed by atoms with Gasteiger partial charge in [0.15, 0.2) is 5.69 Å². The molecule has 1 heterocycles. The van der Waals surface area contributed by atoms with Crippen LogP contribution in [-0.4, -0.2) is 20.0 Å². The number of benzene rings is 1. The number of nitrogens with one attached hydrogen (secondary N) is 1. The van der Waals surface area contributed by atoms with E-state index in [0.717, 1.165) is 0 Å². The molecule has 92 valence electrons. The fourth-order valence-corrected chi connectivity index (χ4v) is 1.61. The van der Waals surface area contributed by atoms with E-state index in [9.17, 15) is 20.0 Å². The summed E-state index contributed by atoms with van der Waals surface area (Å²) in [6.07, 6.45) is 0. The van der Waals surface area contributed by atoms with E-state index in [-0.39, 0.29) is 22.8 Å². The minimum absolute atomic E-state index is 0.139. The second-order valence-corrected chi connectivity index (χ2v) is 3.62. The summed E-state index contributed by atoms with van der Waals surface area (Å²) in [7, 11) is 0. The molecule has 0 spiro atoms. The number of aromatic amines is 1. The maximum Gasteiger partial charge on any atom is 0.360 e. The zero-order valence-corrected chi connectivity index (χ0v) is 9.38. The summed E-state index contributed by atoms with van der Waals surface area (Å²) in [5.41, 5.74) is -1.51. The molecule has 18 heavy (non-hydrogen) atoms. The van der Waals surface area contributed by atoms with Gasteiger partial charge in [0, 0.05) is 5.56 Å². The van der Waals surface area contributed by atoms with Crippen molar-refractivity contribution in [3.63, 3.8) is 0 Å². The minimum Gasteiger partial charge on any atom is -0.507 e. The Morgan fingerprint density at radius 3 is 2.67 bits per heavy atom. The Morgan fingerprint density at radius 2 is 2.06 bits per heavy atom. The van der Waals surface area contributed by atoms with Crippen LogP contribution in [0.2, 0.25) is 0 Å². The first kappa shape index (κ1) is 11.8. The molecular weight excluding hydrogens is 238 g/mol. The summed E-state index contributed by atoms with van der Waals surface area (Å²) >= 11 is 0. The third kappa shape index (κ3) is 1.93. The fourth-order valence-electron chi connectivity index (χ4n) is 1.61. The molecule has 0 bridgehead atoms. The molecule has 0 aliphatic carbocycles. The molecule has 0 saturated heterocycles. The molecular formula is C11H9N3O4. The number of phenolic OH excluding ortho intramolecular Hbond substituents is 1. The highest BCUT2D eigenvalue weighted by Crippen LogP contribution is 2.31. The summed E-state index contributed by atoms with van der Waals surface area (Å²) in [6.45, 7) is 1.51. The van der Waals surface area contributed by atoms with E-state index in [1.54, 1.807) is 12.1 Å². The smallest absolute Gasteiger partial charge is 0.360 e. The Morgan fingerprint density at radius 1 is 1.39 bits per heavy atom. The fraction of sp³-hybridized carbons (Fsp3) is 0.0909. The number of nitrogens with zero attached hydrogens (tertiary/aromatic N) is 2. The number of rotatable bonds is 2. The topological polar surface area (TPSA) is 109 Å². The molecule has 2 N–H and O–H groups in total. The first-order valence-electron chi connectivity index (χ1n) is 5.04. The summed E-state index contributed by atoms with van der Waals surface area (Å²) in [5, 5.41) is 20.6. The van der Waals surface area contributed by atoms with E-state index < -0.39 is 16.2 Å². The van der Waals surface area contributed by atoms with Crippen molar-refractivity contribution in [1.82, 2.24) is 9.97 Å². The van der Waals surface area contributed by atoms with Crippen LogP contribution in [-0.2, 0) is 0 Å². The maximum absolute atomic E-state index is 11.6. The van der Waals surface area contributed by atoms with Gasteiger partial charge >= 0.3 is 11.2 Å². The van der Waals surface area contributed by atoms with Crippen LogP contribution in [0.15, 0.2) is 29.1 Å². The van der Waals surface area contributed by atoms with Gasteiger partial charge in [0.25, 0.3) is 0 Å². The molecule has 0 aliphatic heterocycles. The van der Waals surface area contributed by atoms with Gasteiger partial charge in [-0.3, -0.25) is 14.9 Å². The zero-order valence-electron chi connectivity index (χ0n) is 9.38. The second kappa shape index (κ2) is 4.28. The Kier molecular flexibility index (Phi) is 2.80. The Labute approximate surface area is 101 Å². The van der Waals surface area contributed by atoms with Gasteiger partial charge in [-0.25, -0.2) is 4.98 Å². The number of aromatic hydroxyl groups is 1. The molecule has 0 fully saturated rings. The van der Waals surface area contributed by atoms with Gasteiger partial charge in [-0.2, -0.15) is 0 Å². The SMILES string of the molecule is Cc1nc(-c2ccccc2O)c([N+](=O)[O-])c(=O)[nH]1. The lowest BCUT2D eigenvalue weighted by Gasteiger charge is -2.04. The number of hydrogen-bond acceptors (Lipinski definition) is 5. The Bertz CT molecular complexity index is 678. The predicted octanol–water partition coefficient (Wildman–Crippen LogP) is 1.36. The van der Waals surface area contributed by atoms with E-state index in [1.165, 1.54) is 19.1 Å². The zero-order chi connectivity index (χ0) is 13.3. The maximum atomic E-state index is 11.6. The number of aromatic nitrogens is 2. The van der Waals surface area contributed by atoms with Crippen molar-refractivity contribution in [2.24, 2.45) is 0 Å². The van der Waals surface area contributed by atoms with Gasteiger partial charge in [0.05, 0.1) is 4.92 Å². The van der Waals surface area contributed by atoms with Crippen LogP contribution in [0.25, 0.3) is 11.3 Å². The highest BCUT2D eigenvalue weighted by Gasteiger charge is 2.24. The lowest BCUT2D eigenvalue weighted by atomic mass is 10.1. The van der Waals surface area contributed by atoms with E-state index in [0.29, 0.717) is 0 Å². The molecule has 7 nitrogen and oxygen atoms in total. The van der Waals surface area contributed by atoms with Crippen LogP contribution in [0, 0.1) is 17.0 Å². The van der Waals surface area contributed by atoms with Gasteiger partial charge < -0.3 is 10.1 Å². The van der Waals surface area contributed by atoms with Crippen molar-refractivity contribution >= 4 is 5.69 Å². The molecule has 0 atom stereocenters. The molecule has 0 amide bonds. The molecule has 1 aromatic heterocycles. The van der Waals surface area contributed by atoms with Gasteiger partial charge in [-0.1, -0.05) is 12.1 Å². The van der Waals surface area contributed by atoms with E-state index in [1.807, 2.05) is 0 Å². The number of H-pyrrole nitrogens is 1. The number of nitro groups is 1. The third-order valence-electron chi connectivity index (χ3n) is 2.36. The van der Waals surface area contributed by atoms with Crippen molar-refractivity contribution in [2.75, 3.05) is 0 Å². The molecule has 2 aromatic rings. The summed E-state index contributed by atoms with van der Waals surface area (Å²) in [4.78, 5) is 27.8. The molecule has 2 rings (SSSR count). The molecule has 0 saturated carbocycles. The molecule has 7 heteroatoms.